The summed E-state index contributed by atoms with van der Waals surface area (Å²) in [4.78, 5) is 11.1. The Kier molecular flexibility index (Phi) is 4.10. The second-order valence-electron chi connectivity index (χ2n) is 3.87. The Bertz CT molecular complexity index is 352. The maximum Gasteiger partial charge on any atom is 0.221 e. The van der Waals surface area contributed by atoms with E-state index >= 15 is 0 Å². The predicted octanol–water partition coefficient (Wildman–Crippen LogP) is 2.82. The first-order valence-corrected chi connectivity index (χ1v) is 5.14. The summed E-state index contributed by atoms with van der Waals surface area (Å²) in [5.41, 5.74) is 1.93. The Morgan fingerprint density at radius 2 is 1.87 bits per heavy atom. The van der Waals surface area contributed by atoms with Crippen LogP contribution in [0.2, 0.25) is 0 Å². The summed E-state index contributed by atoms with van der Waals surface area (Å²) in [6.07, 6.45) is 2.05. The fourth-order valence-corrected chi connectivity index (χ4v) is 1.35. The van der Waals surface area contributed by atoms with Crippen molar-refractivity contribution in [3.63, 3.8) is 0 Å². The number of carbonyl (C=O) groups excluding carboxylic acids is 1. The van der Waals surface area contributed by atoms with Crippen LogP contribution in [0.25, 0.3) is 5.70 Å². The van der Waals surface area contributed by atoms with Gasteiger partial charge in [0, 0.05) is 12.6 Å². The molecule has 0 aliphatic heterocycles. The minimum Gasteiger partial charge on any atom is -0.326 e. The van der Waals surface area contributed by atoms with Crippen molar-refractivity contribution in [3.8, 4) is 0 Å². The van der Waals surface area contributed by atoms with Crippen LogP contribution < -0.4 is 5.32 Å². The molecule has 1 aromatic carbocycles. The van der Waals surface area contributed by atoms with E-state index in [4.69, 9.17) is 0 Å². The number of amides is 1. The van der Waals surface area contributed by atoms with Gasteiger partial charge in [-0.25, -0.2) is 0 Å². The molecule has 1 rings (SSSR count). The van der Waals surface area contributed by atoms with Gasteiger partial charge in [-0.1, -0.05) is 50.3 Å². The van der Waals surface area contributed by atoms with Crippen LogP contribution in [0.1, 0.15) is 26.3 Å². The van der Waals surface area contributed by atoms with Gasteiger partial charge in [0.1, 0.15) is 0 Å². The molecule has 0 saturated heterocycles. The van der Waals surface area contributed by atoms with E-state index in [-0.39, 0.29) is 5.91 Å². The van der Waals surface area contributed by atoms with Gasteiger partial charge in [0.15, 0.2) is 0 Å². The molecule has 0 bridgehead atoms. The zero-order valence-electron chi connectivity index (χ0n) is 9.45. The molecule has 0 spiro atoms. The molecule has 2 nitrogen and oxygen atoms in total. The van der Waals surface area contributed by atoms with E-state index in [0.29, 0.717) is 5.92 Å². The molecule has 0 heterocycles. The minimum absolute atomic E-state index is 0.0363. The molecule has 0 aromatic heterocycles. The van der Waals surface area contributed by atoms with Crippen molar-refractivity contribution < 1.29 is 4.79 Å². The number of hydrogen-bond acceptors (Lipinski definition) is 1. The molecule has 1 N–H and O–H groups in total. The lowest BCUT2D eigenvalue weighted by molar-refractivity contribution is -0.117. The molecule has 0 unspecified atom stereocenters. The lowest BCUT2D eigenvalue weighted by Crippen LogP contribution is -2.18. The van der Waals surface area contributed by atoms with Gasteiger partial charge in [-0.15, -0.1) is 0 Å². The van der Waals surface area contributed by atoms with E-state index in [2.05, 4.69) is 25.2 Å². The van der Waals surface area contributed by atoms with Gasteiger partial charge in [0.2, 0.25) is 5.91 Å². The molecular formula is C13H17NO. The highest BCUT2D eigenvalue weighted by Crippen LogP contribution is 2.13. The van der Waals surface area contributed by atoms with E-state index in [1.807, 2.05) is 30.3 Å². The average molecular weight is 203 g/mol. The van der Waals surface area contributed by atoms with Gasteiger partial charge in [-0.05, 0) is 11.5 Å². The highest BCUT2D eigenvalue weighted by Gasteiger charge is 2.03. The Labute approximate surface area is 91.0 Å². The van der Waals surface area contributed by atoms with Gasteiger partial charge < -0.3 is 5.32 Å². The molecule has 0 fully saturated rings. The van der Waals surface area contributed by atoms with Crippen LogP contribution in [-0.4, -0.2) is 5.91 Å². The number of carbonyl (C=O) groups is 1. The van der Waals surface area contributed by atoms with Crippen molar-refractivity contribution >= 4 is 11.6 Å². The molecule has 1 aromatic rings. The summed E-state index contributed by atoms with van der Waals surface area (Å²) in [5.74, 6) is 0.373. The second-order valence-corrected chi connectivity index (χ2v) is 3.87. The van der Waals surface area contributed by atoms with Crippen LogP contribution in [0, 0.1) is 5.92 Å². The van der Waals surface area contributed by atoms with Gasteiger partial charge >= 0.3 is 0 Å². The highest BCUT2D eigenvalue weighted by atomic mass is 16.1. The third kappa shape index (κ3) is 3.98. The quantitative estimate of drug-likeness (QED) is 0.804. The highest BCUT2D eigenvalue weighted by molar-refractivity contribution is 5.84. The fraction of sp³-hybridized carbons (Fsp3) is 0.308. The number of rotatable bonds is 3. The van der Waals surface area contributed by atoms with Crippen LogP contribution in [0.5, 0.6) is 0 Å². The Hall–Kier alpha value is -1.57. The largest absolute Gasteiger partial charge is 0.326 e. The first kappa shape index (κ1) is 11.5. The average Bonchev–Trinajstić information content (AvgIpc) is 2.17. The van der Waals surface area contributed by atoms with E-state index in [0.717, 1.165) is 11.3 Å². The standard InChI is InChI=1S/C13H17NO/c1-10(2)9-13(14-11(3)15)12-7-5-4-6-8-12/h4-10H,1-3H3,(H,14,15)/b13-9-. The van der Waals surface area contributed by atoms with E-state index in [1.54, 1.807) is 0 Å². The van der Waals surface area contributed by atoms with Crippen LogP contribution in [0.3, 0.4) is 0 Å². The van der Waals surface area contributed by atoms with Crippen molar-refractivity contribution in [1.29, 1.82) is 0 Å². The molecule has 0 saturated carbocycles. The van der Waals surface area contributed by atoms with Crippen LogP contribution in [-0.2, 0) is 4.79 Å². The second kappa shape index (κ2) is 5.35. The van der Waals surface area contributed by atoms with Crippen molar-refractivity contribution in [2.75, 3.05) is 0 Å². The van der Waals surface area contributed by atoms with E-state index < -0.39 is 0 Å². The van der Waals surface area contributed by atoms with Gasteiger partial charge in [0.25, 0.3) is 0 Å². The van der Waals surface area contributed by atoms with Crippen molar-refractivity contribution in [1.82, 2.24) is 5.32 Å². The van der Waals surface area contributed by atoms with Gasteiger partial charge in [-0.2, -0.15) is 0 Å². The lowest BCUT2D eigenvalue weighted by atomic mass is 10.1. The summed E-state index contributed by atoms with van der Waals surface area (Å²) in [7, 11) is 0. The topological polar surface area (TPSA) is 29.1 Å². The van der Waals surface area contributed by atoms with Gasteiger partial charge in [-0.3, -0.25) is 4.79 Å². The minimum atomic E-state index is -0.0363. The van der Waals surface area contributed by atoms with E-state index in [1.165, 1.54) is 6.92 Å². The lowest BCUT2D eigenvalue weighted by Gasteiger charge is -2.09. The Morgan fingerprint density at radius 3 is 2.33 bits per heavy atom. The fourth-order valence-electron chi connectivity index (χ4n) is 1.35. The summed E-state index contributed by atoms with van der Waals surface area (Å²) < 4.78 is 0. The molecule has 15 heavy (non-hydrogen) atoms. The smallest absolute Gasteiger partial charge is 0.221 e. The van der Waals surface area contributed by atoms with Crippen molar-refractivity contribution in [2.24, 2.45) is 5.92 Å². The normalized spacial score (nSPS) is 11.6. The Morgan fingerprint density at radius 1 is 1.27 bits per heavy atom. The SMILES string of the molecule is CC(=O)N/C(=C\C(C)C)c1ccccc1. The third-order valence-corrected chi connectivity index (χ3v) is 1.90. The predicted molar refractivity (Wildman–Crippen MR) is 63.1 cm³/mol. The third-order valence-electron chi connectivity index (χ3n) is 1.90. The van der Waals surface area contributed by atoms with Gasteiger partial charge in [0.05, 0.1) is 0 Å². The van der Waals surface area contributed by atoms with E-state index in [9.17, 15) is 4.79 Å². The summed E-state index contributed by atoms with van der Waals surface area (Å²) in [6, 6.07) is 9.87. The molecule has 1 amide bonds. The number of benzene rings is 1. The first-order chi connectivity index (χ1) is 7.09. The molecule has 0 aliphatic rings. The van der Waals surface area contributed by atoms with Crippen molar-refractivity contribution in [3.05, 3.63) is 42.0 Å². The molecule has 0 aliphatic carbocycles. The van der Waals surface area contributed by atoms with Crippen LogP contribution in [0.15, 0.2) is 36.4 Å². The number of nitrogens with one attached hydrogen (secondary N) is 1. The number of allylic oxidation sites excluding steroid dienone is 1. The number of hydrogen-bond donors (Lipinski definition) is 1. The zero-order chi connectivity index (χ0) is 11.3. The van der Waals surface area contributed by atoms with Crippen LogP contribution >= 0.6 is 0 Å². The molecule has 80 valence electrons. The Balaban J connectivity index is 2.96. The first-order valence-electron chi connectivity index (χ1n) is 5.14. The summed E-state index contributed by atoms with van der Waals surface area (Å²) >= 11 is 0. The molecule has 0 atom stereocenters. The van der Waals surface area contributed by atoms with Crippen LogP contribution in [0.4, 0.5) is 0 Å². The molecular weight excluding hydrogens is 186 g/mol. The summed E-state index contributed by atoms with van der Waals surface area (Å²) in [5, 5.41) is 2.85. The molecule has 0 radical (unpaired) electrons. The summed E-state index contributed by atoms with van der Waals surface area (Å²) in [6.45, 7) is 5.70. The monoisotopic (exact) mass is 203 g/mol. The zero-order valence-corrected chi connectivity index (χ0v) is 9.45. The maximum atomic E-state index is 11.1. The maximum absolute atomic E-state index is 11.1. The molecule has 2 heteroatoms. The van der Waals surface area contributed by atoms with Crippen molar-refractivity contribution in [2.45, 2.75) is 20.8 Å².